The van der Waals surface area contributed by atoms with Crippen LogP contribution in [0, 0.1) is 0 Å². The van der Waals surface area contributed by atoms with Crippen molar-refractivity contribution in [1.29, 1.82) is 0 Å². The van der Waals surface area contributed by atoms with Gasteiger partial charge in [-0.15, -0.1) is 0 Å². The first-order valence-corrected chi connectivity index (χ1v) is 20.1. The number of unbranched alkanes of at least 4 members (excludes halogenated alkanes) is 3. The van der Waals surface area contributed by atoms with Crippen molar-refractivity contribution in [1.82, 2.24) is 0 Å². The second-order valence-electron chi connectivity index (χ2n) is 8.51. The summed E-state index contributed by atoms with van der Waals surface area (Å²) in [5.74, 6) is 0. The summed E-state index contributed by atoms with van der Waals surface area (Å²) in [6, 6.07) is 10.4. The fourth-order valence-corrected chi connectivity index (χ4v) is 18.4. The van der Waals surface area contributed by atoms with Crippen LogP contribution in [0.1, 0.15) is 78.2 Å². The molecular formula is C26H46O2Sn. The van der Waals surface area contributed by atoms with E-state index in [0.717, 1.165) is 17.7 Å². The van der Waals surface area contributed by atoms with Crippen LogP contribution in [0.25, 0.3) is 0 Å². The molecule has 0 heterocycles. The molecule has 0 aliphatic heterocycles. The number of benzene rings is 1. The van der Waals surface area contributed by atoms with Crippen molar-refractivity contribution in [3.63, 3.8) is 0 Å². The van der Waals surface area contributed by atoms with E-state index in [9.17, 15) is 0 Å². The van der Waals surface area contributed by atoms with Crippen LogP contribution >= 0.6 is 0 Å². The number of hydrogen-bond acceptors (Lipinski definition) is 2. The van der Waals surface area contributed by atoms with Gasteiger partial charge in [0, 0.05) is 0 Å². The Labute approximate surface area is 185 Å². The van der Waals surface area contributed by atoms with Gasteiger partial charge in [0.1, 0.15) is 0 Å². The Bertz CT molecular complexity index is 493. The normalized spacial score (nSPS) is 13.2. The summed E-state index contributed by atoms with van der Waals surface area (Å²) in [5.41, 5.74) is 1.24. The van der Waals surface area contributed by atoms with Gasteiger partial charge in [0.25, 0.3) is 0 Å². The molecule has 0 radical (unpaired) electrons. The summed E-state index contributed by atoms with van der Waals surface area (Å²) in [6.07, 6.45) is 13.7. The summed E-state index contributed by atoms with van der Waals surface area (Å²) in [4.78, 5) is 0. The molecule has 0 aliphatic rings. The predicted molar refractivity (Wildman–Crippen MR) is 130 cm³/mol. The Hall–Kier alpha value is -0.321. The topological polar surface area (TPSA) is 18.5 Å². The molecule has 0 N–H and O–H groups in total. The first-order valence-electron chi connectivity index (χ1n) is 12.1. The second kappa shape index (κ2) is 17.4. The standard InChI is InChI=1S/C14H19O2.3C4H9.Sn/c1-3-7-14(15-2)10-11-16-12-13-8-5-4-6-9-13;3*1-3-4-2;/h3-9,14H,2,10-12H2,1H3;3*1,3-4H2,2H3;/b7-3+;;;;. The van der Waals surface area contributed by atoms with Gasteiger partial charge in [0.05, 0.1) is 0 Å². The van der Waals surface area contributed by atoms with Crippen molar-refractivity contribution >= 4 is 18.4 Å². The van der Waals surface area contributed by atoms with Crippen LogP contribution in [0.2, 0.25) is 13.3 Å². The Morgan fingerprint density at radius 2 is 1.48 bits per heavy atom. The molecule has 0 aromatic heterocycles. The second-order valence-corrected chi connectivity index (χ2v) is 22.2. The molecule has 1 atom stereocenters. The van der Waals surface area contributed by atoms with E-state index in [1.54, 1.807) is 0 Å². The van der Waals surface area contributed by atoms with Gasteiger partial charge in [0.15, 0.2) is 0 Å². The summed E-state index contributed by atoms with van der Waals surface area (Å²) < 4.78 is 18.2. The predicted octanol–water partition coefficient (Wildman–Crippen LogP) is 7.94. The average Bonchev–Trinajstić information content (AvgIpc) is 2.76. The third-order valence-corrected chi connectivity index (χ3v) is 20.2. The van der Waals surface area contributed by atoms with Crippen molar-refractivity contribution in [3.8, 4) is 0 Å². The molecule has 2 nitrogen and oxygen atoms in total. The minimum absolute atomic E-state index is 0.205. The van der Waals surface area contributed by atoms with Gasteiger partial charge < -0.3 is 0 Å². The molecule has 0 bridgehead atoms. The molecule has 1 aromatic carbocycles. The maximum atomic E-state index is 6.62. The summed E-state index contributed by atoms with van der Waals surface area (Å²) in [6.45, 7) is 10.6. The zero-order valence-corrected chi connectivity index (χ0v) is 22.5. The van der Waals surface area contributed by atoms with E-state index in [1.807, 2.05) is 6.07 Å². The SMILES string of the molecule is C/C=C/C(CCOCc1ccccc1)O[CH2][Sn]([CH2]CCC)([CH2]CCC)[CH2]CCC. The van der Waals surface area contributed by atoms with Gasteiger partial charge in [-0.1, -0.05) is 0 Å². The minimum atomic E-state index is -2.22. The Kier molecular flexibility index (Phi) is 16.0. The molecule has 1 rings (SSSR count). The van der Waals surface area contributed by atoms with E-state index in [-0.39, 0.29) is 6.10 Å². The van der Waals surface area contributed by atoms with Gasteiger partial charge in [-0.3, -0.25) is 0 Å². The first-order chi connectivity index (χ1) is 14.2. The number of hydrogen-bond donors (Lipinski definition) is 0. The van der Waals surface area contributed by atoms with E-state index in [1.165, 1.54) is 57.4 Å². The van der Waals surface area contributed by atoms with Gasteiger partial charge in [0.2, 0.25) is 0 Å². The van der Waals surface area contributed by atoms with Crippen LogP contribution in [0.3, 0.4) is 0 Å². The van der Waals surface area contributed by atoms with Crippen LogP contribution in [-0.2, 0) is 16.1 Å². The molecular weight excluding hydrogens is 463 g/mol. The average molecular weight is 509 g/mol. The third kappa shape index (κ3) is 12.2. The van der Waals surface area contributed by atoms with E-state index < -0.39 is 18.4 Å². The fourth-order valence-electron chi connectivity index (χ4n) is 3.94. The Morgan fingerprint density at radius 1 is 0.897 bits per heavy atom. The molecule has 1 unspecified atom stereocenters. The zero-order valence-electron chi connectivity index (χ0n) is 19.6. The van der Waals surface area contributed by atoms with Crippen LogP contribution in [-0.4, -0.2) is 35.7 Å². The maximum absolute atomic E-state index is 6.62. The van der Waals surface area contributed by atoms with Crippen LogP contribution in [0.5, 0.6) is 0 Å². The van der Waals surface area contributed by atoms with Crippen LogP contribution < -0.4 is 0 Å². The van der Waals surface area contributed by atoms with E-state index in [2.05, 4.69) is 64.1 Å². The Morgan fingerprint density at radius 3 is 2.00 bits per heavy atom. The zero-order chi connectivity index (χ0) is 21.2. The molecule has 0 aliphatic carbocycles. The summed E-state index contributed by atoms with van der Waals surface area (Å²) in [5, 5.41) is 0. The first kappa shape index (κ1) is 26.7. The quantitative estimate of drug-likeness (QED) is 0.114. The van der Waals surface area contributed by atoms with Gasteiger partial charge in [-0.2, -0.15) is 0 Å². The molecule has 166 valence electrons. The molecule has 0 spiro atoms. The number of ether oxygens (including phenoxy) is 2. The molecule has 0 amide bonds. The van der Waals surface area contributed by atoms with Crippen molar-refractivity contribution in [2.75, 3.05) is 11.2 Å². The van der Waals surface area contributed by atoms with Crippen molar-refractivity contribution in [2.24, 2.45) is 0 Å². The molecule has 29 heavy (non-hydrogen) atoms. The summed E-state index contributed by atoms with van der Waals surface area (Å²) >= 11 is -2.22. The summed E-state index contributed by atoms with van der Waals surface area (Å²) in [7, 11) is 0. The number of allylic oxidation sites excluding steroid dienone is 1. The van der Waals surface area contributed by atoms with E-state index >= 15 is 0 Å². The molecule has 3 heteroatoms. The van der Waals surface area contributed by atoms with Crippen molar-refractivity contribution in [2.45, 2.75) is 98.7 Å². The van der Waals surface area contributed by atoms with Gasteiger partial charge >= 0.3 is 186 Å². The van der Waals surface area contributed by atoms with Crippen LogP contribution in [0.4, 0.5) is 0 Å². The van der Waals surface area contributed by atoms with Crippen molar-refractivity contribution in [3.05, 3.63) is 48.0 Å². The van der Waals surface area contributed by atoms with Crippen LogP contribution in [0.15, 0.2) is 42.5 Å². The molecule has 0 saturated carbocycles. The van der Waals surface area contributed by atoms with Crippen molar-refractivity contribution < 1.29 is 9.47 Å². The molecule has 1 aromatic rings. The monoisotopic (exact) mass is 510 g/mol. The Balaban J connectivity index is 2.58. The number of rotatable bonds is 18. The third-order valence-electron chi connectivity index (χ3n) is 5.85. The molecule has 0 saturated heterocycles. The van der Waals surface area contributed by atoms with Gasteiger partial charge in [-0.25, -0.2) is 0 Å². The van der Waals surface area contributed by atoms with Gasteiger partial charge in [-0.05, 0) is 0 Å². The van der Waals surface area contributed by atoms with E-state index in [4.69, 9.17) is 9.47 Å². The van der Waals surface area contributed by atoms with E-state index in [0.29, 0.717) is 6.61 Å². The molecule has 0 fully saturated rings. The fraction of sp³-hybridized carbons (Fsp3) is 0.692.